The van der Waals surface area contributed by atoms with Crippen LogP contribution in [0.15, 0.2) is 24.3 Å². The molecule has 1 aromatic rings. The van der Waals surface area contributed by atoms with Crippen LogP contribution in [-0.4, -0.2) is 28.5 Å². The lowest BCUT2D eigenvalue weighted by atomic mass is 10.1. The third-order valence-electron chi connectivity index (χ3n) is 2.99. The van der Waals surface area contributed by atoms with E-state index in [4.69, 9.17) is 5.26 Å². The molecule has 0 aliphatic carbocycles. The predicted octanol–water partition coefficient (Wildman–Crippen LogP) is 2.89. The maximum atomic E-state index is 8.76. The second-order valence-corrected chi connectivity index (χ2v) is 6.93. The molecule has 0 spiro atoms. The summed E-state index contributed by atoms with van der Waals surface area (Å²) in [5.41, 5.74) is 2.04. The van der Waals surface area contributed by atoms with E-state index in [-0.39, 0.29) is 0 Å². The van der Waals surface area contributed by atoms with Crippen molar-refractivity contribution < 1.29 is 0 Å². The van der Waals surface area contributed by atoms with Crippen LogP contribution in [0.25, 0.3) is 0 Å². The zero-order valence-electron chi connectivity index (χ0n) is 10.4. The van der Waals surface area contributed by atoms with Gasteiger partial charge in [-0.3, -0.25) is 4.90 Å². The average molecular weight is 246 g/mol. The highest BCUT2D eigenvalue weighted by Gasteiger charge is 2.26. The van der Waals surface area contributed by atoms with Crippen molar-refractivity contribution in [3.8, 4) is 6.07 Å². The quantitative estimate of drug-likeness (QED) is 0.803. The van der Waals surface area contributed by atoms with Crippen molar-refractivity contribution in [3.63, 3.8) is 0 Å². The van der Waals surface area contributed by atoms with Crippen molar-refractivity contribution in [2.45, 2.75) is 25.1 Å². The molecule has 2 nitrogen and oxygen atoms in total. The van der Waals surface area contributed by atoms with E-state index in [1.165, 1.54) is 11.3 Å². The van der Waals surface area contributed by atoms with E-state index < -0.39 is 0 Å². The van der Waals surface area contributed by atoms with E-state index in [1.54, 1.807) is 0 Å². The summed E-state index contributed by atoms with van der Waals surface area (Å²) in [4.78, 5) is 2.50. The van der Waals surface area contributed by atoms with Gasteiger partial charge in [-0.05, 0) is 31.5 Å². The zero-order valence-corrected chi connectivity index (χ0v) is 11.3. The number of thioether (sulfide) groups is 1. The summed E-state index contributed by atoms with van der Waals surface area (Å²) in [5.74, 6) is 1.21. The first-order chi connectivity index (χ1) is 8.09. The normalized spacial score (nSPS) is 19.8. The lowest BCUT2D eigenvalue weighted by Crippen LogP contribution is -2.42. The minimum absolute atomic E-state index is 0.366. The van der Waals surface area contributed by atoms with E-state index in [1.807, 2.05) is 12.1 Å². The molecule has 1 heterocycles. The Morgan fingerprint density at radius 3 is 2.65 bits per heavy atom. The van der Waals surface area contributed by atoms with Crippen LogP contribution in [0.4, 0.5) is 0 Å². The number of benzene rings is 1. The monoisotopic (exact) mass is 246 g/mol. The maximum absolute atomic E-state index is 8.76. The summed E-state index contributed by atoms with van der Waals surface area (Å²) in [6, 6.07) is 10.1. The molecule has 1 fully saturated rings. The molecule has 0 atom stereocenters. The minimum Gasteiger partial charge on any atom is -0.297 e. The van der Waals surface area contributed by atoms with Gasteiger partial charge in [-0.1, -0.05) is 12.1 Å². The third kappa shape index (κ3) is 3.49. The number of rotatable bonds is 2. The highest BCUT2D eigenvalue weighted by atomic mass is 32.2. The Morgan fingerprint density at radius 2 is 2.06 bits per heavy atom. The van der Waals surface area contributed by atoms with Gasteiger partial charge < -0.3 is 0 Å². The van der Waals surface area contributed by atoms with Gasteiger partial charge in [0.2, 0.25) is 0 Å². The van der Waals surface area contributed by atoms with Gasteiger partial charge in [0.25, 0.3) is 0 Å². The molecule has 0 saturated carbocycles. The highest BCUT2D eigenvalue weighted by molar-refractivity contribution is 8.00. The van der Waals surface area contributed by atoms with Gasteiger partial charge in [-0.15, -0.1) is 0 Å². The Balaban J connectivity index is 1.98. The summed E-state index contributed by atoms with van der Waals surface area (Å²) >= 11 is 2.06. The molecule has 3 heteroatoms. The largest absolute Gasteiger partial charge is 0.297 e. The molecule has 1 aliphatic heterocycles. The van der Waals surface area contributed by atoms with Gasteiger partial charge in [0, 0.05) is 30.1 Å². The average Bonchev–Trinajstić information content (AvgIpc) is 2.29. The van der Waals surface area contributed by atoms with Crippen molar-refractivity contribution in [1.29, 1.82) is 5.26 Å². The molecule has 90 valence electrons. The predicted molar refractivity (Wildman–Crippen MR) is 73.0 cm³/mol. The van der Waals surface area contributed by atoms with Crippen molar-refractivity contribution in [3.05, 3.63) is 35.4 Å². The fraction of sp³-hybridized carbons (Fsp3) is 0.500. The first-order valence-electron chi connectivity index (χ1n) is 5.94. The fourth-order valence-electron chi connectivity index (χ4n) is 2.19. The summed E-state index contributed by atoms with van der Waals surface area (Å²) in [5, 5.41) is 8.76. The Hall–Kier alpha value is -0.980. The molecule has 0 unspecified atom stereocenters. The van der Waals surface area contributed by atoms with Gasteiger partial charge in [0.1, 0.15) is 0 Å². The number of nitrogens with zero attached hydrogens (tertiary/aromatic N) is 2. The van der Waals surface area contributed by atoms with E-state index in [9.17, 15) is 0 Å². The van der Waals surface area contributed by atoms with Crippen LogP contribution in [0.5, 0.6) is 0 Å². The van der Waals surface area contributed by atoms with Gasteiger partial charge in [-0.2, -0.15) is 17.0 Å². The molecule has 0 radical (unpaired) electrons. The molecule has 1 saturated heterocycles. The van der Waals surface area contributed by atoms with Crippen LogP contribution in [0, 0.1) is 11.3 Å². The lowest BCUT2D eigenvalue weighted by Gasteiger charge is -2.37. The Kier molecular flexibility index (Phi) is 3.76. The highest BCUT2D eigenvalue weighted by Crippen LogP contribution is 2.30. The van der Waals surface area contributed by atoms with Crippen molar-refractivity contribution in [2.24, 2.45) is 0 Å². The second kappa shape index (κ2) is 5.12. The molecule has 2 rings (SSSR count). The van der Waals surface area contributed by atoms with Crippen molar-refractivity contribution in [2.75, 3.05) is 18.8 Å². The van der Waals surface area contributed by atoms with Gasteiger partial charge in [0.15, 0.2) is 0 Å². The number of hydrogen-bond acceptors (Lipinski definition) is 3. The standard InChI is InChI=1S/C14H18N2S/c1-14(2)11-16(7-8-17-14)10-13-5-3-12(9-15)4-6-13/h3-6H,7-8,10-11H2,1-2H3. The van der Waals surface area contributed by atoms with E-state index in [0.29, 0.717) is 4.75 Å². The minimum atomic E-state index is 0.366. The van der Waals surface area contributed by atoms with E-state index >= 15 is 0 Å². The summed E-state index contributed by atoms with van der Waals surface area (Å²) in [7, 11) is 0. The van der Waals surface area contributed by atoms with Gasteiger partial charge in [-0.25, -0.2) is 0 Å². The SMILES string of the molecule is CC1(C)CN(Cc2ccc(C#N)cc2)CCS1. The van der Waals surface area contributed by atoms with Crippen LogP contribution >= 0.6 is 11.8 Å². The van der Waals surface area contributed by atoms with Crippen LogP contribution < -0.4 is 0 Å². The van der Waals surface area contributed by atoms with E-state index in [0.717, 1.165) is 25.2 Å². The molecule has 0 N–H and O–H groups in total. The molecular weight excluding hydrogens is 228 g/mol. The third-order valence-corrected chi connectivity index (χ3v) is 4.29. The number of hydrogen-bond donors (Lipinski definition) is 0. The summed E-state index contributed by atoms with van der Waals surface area (Å²) < 4.78 is 0.366. The number of nitriles is 1. The van der Waals surface area contributed by atoms with Crippen LogP contribution in [0.3, 0.4) is 0 Å². The summed E-state index contributed by atoms with van der Waals surface area (Å²) in [6.07, 6.45) is 0. The van der Waals surface area contributed by atoms with E-state index in [2.05, 4.69) is 48.7 Å². The van der Waals surface area contributed by atoms with Crippen molar-refractivity contribution in [1.82, 2.24) is 4.90 Å². The van der Waals surface area contributed by atoms with Crippen molar-refractivity contribution >= 4 is 11.8 Å². The van der Waals surface area contributed by atoms with Crippen LogP contribution in [-0.2, 0) is 6.54 Å². The first-order valence-corrected chi connectivity index (χ1v) is 6.93. The zero-order chi connectivity index (χ0) is 12.3. The van der Waals surface area contributed by atoms with Gasteiger partial charge in [0.05, 0.1) is 11.6 Å². The lowest BCUT2D eigenvalue weighted by molar-refractivity contribution is 0.252. The fourth-order valence-corrected chi connectivity index (χ4v) is 3.37. The molecule has 0 amide bonds. The smallest absolute Gasteiger partial charge is 0.0991 e. The second-order valence-electron chi connectivity index (χ2n) is 5.13. The van der Waals surface area contributed by atoms with Crippen LogP contribution in [0.2, 0.25) is 0 Å². The molecule has 0 bridgehead atoms. The summed E-state index contributed by atoms with van der Waals surface area (Å²) in [6.45, 7) is 7.91. The topological polar surface area (TPSA) is 27.0 Å². The molecule has 0 aromatic heterocycles. The Bertz CT molecular complexity index is 417. The first kappa shape index (κ1) is 12.5. The van der Waals surface area contributed by atoms with Gasteiger partial charge >= 0.3 is 0 Å². The van der Waals surface area contributed by atoms with Crippen LogP contribution in [0.1, 0.15) is 25.0 Å². The Labute approximate surface area is 108 Å². The molecular formula is C14H18N2S. The Morgan fingerprint density at radius 1 is 1.35 bits per heavy atom. The maximum Gasteiger partial charge on any atom is 0.0991 e. The molecule has 1 aromatic carbocycles. The molecule has 17 heavy (non-hydrogen) atoms. The molecule has 1 aliphatic rings.